The third kappa shape index (κ3) is 4.33. The lowest BCUT2D eigenvalue weighted by atomic mass is 9.95. The molecule has 1 aliphatic rings. The molecule has 5 heteroatoms. The van der Waals surface area contributed by atoms with Gasteiger partial charge < -0.3 is 9.88 Å². The Kier molecular flexibility index (Phi) is 5.44. The monoisotopic (exact) mass is 381 g/mol. The van der Waals surface area contributed by atoms with Crippen molar-refractivity contribution in [3.63, 3.8) is 0 Å². The number of carbonyl (C=O) groups is 1. The minimum atomic E-state index is 0.0717. The van der Waals surface area contributed by atoms with Crippen LogP contribution in [0.1, 0.15) is 43.5 Å². The van der Waals surface area contributed by atoms with E-state index in [2.05, 4.69) is 5.32 Å². The smallest absolute Gasteiger partial charge is 0.240 e. The molecule has 4 rings (SSSR count). The highest BCUT2D eigenvalue weighted by Crippen LogP contribution is 2.21. The topological polar surface area (TPSA) is 46.9 Å². The van der Waals surface area contributed by atoms with Crippen LogP contribution >= 0.6 is 11.6 Å². The number of amides is 1. The summed E-state index contributed by atoms with van der Waals surface area (Å²) in [5.74, 6) is 0.972. The molecule has 1 aliphatic carbocycles. The van der Waals surface area contributed by atoms with Gasteiger partial charge >= 0.3 is 0 Å². The number of nitrogens with one attached hydrogen (secondary N) is 1. The number of halogens is 1. The number of hydrogen-bond donors (Lipinski definition) is 1. The van der Waals surface area contributed by atoms with Gasteiger partial charge in [-0.25, -0.2) is 4.98 Å². The molecule has 140 valence electrons. The summed E-state index contributed by atoms with van der Waals surface area (Å²) in [7, 11) is 0. The van der Waals surface area contributed by atoms with Crippen LogP contribution in [0.25, 0.3) is 11.0 Å². The molecule has 0 radical (unpaired) electrons. The highest BCUT2D eigenvalue weighted by Gasteiger charge is 2.18. The number of hydrogen-bond acceptors (Lipinski definition) is 2. The zero-order valence-corrected chi connectivity index (χ0v) is 16.1. The van der Waals surface area contributed by atoms with Gasteiger partial charge in [-0.3, -0.25) is 4.79 Å². The third-order valence-electron chi connectivity index (χ3n) is 5.28. The van der Waals surface area contributed by atoms with Crippen molar-refractivity contribution in [2.75, 3.05) is 0 Å². The standard InChI is InChI=1S/C22H24ClN3O/c23-17-12-10-16(11-13-17)14-21-25-19-8-4-5-9-20(19)26(21)15-22(27)24-18-6-2-1-3-7-18/h4-5,8-13,18H,1-3,6-7,14-15H2,(H,24,27). The van der Waals surface area contributed by atoms with Crippen molar-refractivity contribution in [2.45, 2.75) is 51.1 Å². The Morgan fingerprint density at radius 2 is 1.81 bits per heavy atom. The highest BCUT2D eigenvalue weighted by molar-refractivity contribution is 6.30. The molecule has 1 amide bonds. The number of rotatable bonds is 5. The van der Waals surface area contributed by atoms with Gasteiger partial charge in [0.05, 0.1) is 11.0 Å². The van der Waals surface area contributed by atoms with Gasteiger partial charge in [0.25, 0.3) is 0 Å². The van der Waals surface area contributed by atoms with E-state index >= 15 is 0 Å². The number of imidazole rings is 1. The van der Waals surface area contributed by atoms with E-state index in [1.165, 1.54) is 19.3 Å². The van der Waals surface area contributed by atoms with Gasteiger partial charge in [-0.2, -0.15) is 0 Å². The molecule has 0 saturated heterocycles. The Morgan fingerprint density at radius 3 is 2.59 bits per heavy atom. The first kappa shape index (κ1) is 18.1. The number of carbonyl (C=O) groups excluding carboxylic acids is 1. The van der Waals surface area contributed by atoms with Crippen LogP contribution < -0.4 is 5.32 Å². The van der Waals surface area contributed by atoms with Gasteiger partial charge in [0.2, 0.25) is 5.91 Å². The first-order chi connectivity index (χ1) is 13.2. The molecule has 0 spiro atoms. The van der Waals surface area contributed by atoms with Crippen LogP contribution in [0.5, 0.6) is 0 Å². The molecule has 1 fully saturated rings. The molecule has 4 nitrogen and oxygen atoms in total. The molecule has 1 aromatic heterocycles. The van der Waals surface area contributed by atoms with E-state index in [9.17, 15) is 4.79 Å². The van der Waals surface area contributed by atoms with Crippen LogP contribution in [0.4, 0.5) is 0 Å². The molecule has 0 bridgehead atoms. The van der Waals surface area contributed by atoms with Crippen LogP contribution in [-0.4, -0.2) is 21.5 Å². The van der Waals surface area contributed by atoms with E-state index in [0.29, 0.717) is 19.0 Å². The van der Waals surface area contributed by atoms with Gasteiger partial charge in [0.1, 0.15) is 12.4 Å². The van der Waals surface area contributed by atoms with E-state index in [4.69, 9.17) is 16.6 Å². The Labute approximate surface area is 164 Å². The van der Waals surface area contributed by atoms with Crippen LogP contribution in [0.3, 0.4) is 0 Å². The minimum Gasteiger partial charge on any atom is -0.352 e. The van der Waals surface area contributed by atoms with Gasteiger partial charge in [-0.1, -0.05) is 55.1 Å². The number of benzene rings is 2. The maximum Gasteiger partial charge on any atom is 0.240 e. The summed E-state index contributed by atoms with van der Waals surface area (Å²) in [6, 6.07) is 16.1. The summed E-state index contributed by atoms with van der Waals surface area (Å²) in [5, 5.41) is 3.94. The van der Waals surface area contributed by atoms with Crippen molar-refractivity contribution in [1.82, 2.24) is 14.9 Å². The van der Waals surface area contributed by atoms with Gasteiger partial charge in [0.15, 0.2) is 0 Å². The summed E-state index contributed by atoms with van der Waals surface area (Å²) in [6.07, 6.45) is 6.55. The third-order valence-corrected chi connectivity index (χ3v) is 5.53. The molecule has 0 aliphatic heterocycles. The van der Waals surface area contributed by atoms with Gasteiger partial charge in [-0.15, -0.1) is 0 Å². The SMILES string of the molecule is O=C(Cn1c(Cc2ccc(Cl)cc2)nc2ccccc21)NC1CCCCC1. The first-order valence-corrected chi connectivity index (χ1v) is 10.0. The summed E-state index contributed by atoms with van der Waals surface area (Å²) in [4.78, 5) is 17.5. The van der Waals surface area contributed by atoms with E-state index in [1.54, 1.807) is 0 Å². The first-order valence-electron chi connectivity index (χ1n) is 9.67. The van der Waals surface area contributed by atoms with Crippen LogP contribution in [0, 0.1) is 0 Å². The fraction of sp³-hybridized carbons (Fsp3) is 0.364. The average Bonchev–Trinajstić information content (AvgIpc) is 3.01. The van der Waals surface area contributed by atoms with Crippen molar-refractivity contribution >= 4 is 28.5 Å². The lowest BCUT2D eigenvalue weighted by molar-refractivity contribution is -0.122. The van der Waals surface area contributed by atoms with E-state index < -0.39 is 0 Å². The molecule has 1 saturated carbocycles. The molecule has 1 heterocycles. The van der Waals surface area contributed by atoms with E-state index in [1.807, 2.05) is 53.1 Å². The zero-order valence-electron chi connectivity index (χ0n) is 15.3. The largest absolute Gasteiger partial charge is 0.352 e. The van der Waals surface area contributed by atoms with Crippen LogP contribution in [0.15, 0.2) is 48.5 Å². The highest BCUT2D eigenvalue weighted by atomic mass is 35.5. The summed E-state index contributed by atoms with van der Waals surface area (Å²) in [5.41, 5.74) is 3.05. The average molecular weight is 382 g/mol. The van der Waals surface area contributed by atoms with E-state index in [0.717, 1.165) is 40.3 Å². The number of nitrogens with zero attached hydrogens (tertiary/aromatic N) is 2. The Morgan fingerprint density at radius 1 is 1.07 bits per heavy atom. The predicted molar refractivity (Wildman–Crippen MR) is 109 cm³/mol. The van der Waals surface area contributed by atoms with Gasteiger partial charge in [-0.05, 0) is 42.7 Å². The molecule has 3 aromatic rings. The second-order valence-electron chi connectivity index (χ2n) is 7.31. The molecule has 1 N–H and O–H groups in total. The van der Waals surface area contributed by atoms with Crippen molar-refractivity contribution in [3.8, 4) is 0 Å². The van der Waals surface area contributed by atoms with Crippen molar-refractivity contribution in [3.05, 3.63) is 64.9 Å². The second-order valence-corrected chi connectivity index (χ2v) is 7.75. The fourth-order valence-corrected chi connectivity index (χ4v) is 4.01. The number of fused-ring (bicyclic) bond motifs is 1. The molecule has 2 aromatic carbocycles. The van der Waals surface area contributed by atoms with Crippen LogP contribution in [0.2, 0.25) is 5.02 Å². The van der Waals surface area contributed by atoms with Gasteiger partial charge in [0, 0.05) is 17.5 Å². The molecule has 0 unspecified atom stereocenters. The predicted octanol–water partition coefficient (Wildman–Crippen LogP) is 4.73. The maximum absolute atomic E-state index is 12.7. The van der Waals surface area contributed by atoms with E-state index in [-0.39, 0.29) is 5.91 Å². The Balaban J connectivity index is 1.57. The number of aromatic nitrogens is 2. The normalized spacial score (nSPS) is 15.1. The maximum atomic E-state index is 12.7. The van der Waals surface area contributed by atoms with Crippen LogP contribution in [-0.2, 0) is 17.8 Å². The zero-order chi connectivity index (χ0) is 18.6. The molecule has 0 atom stereocenters. The Bertz CT molecular complexity index is 926. The number of para-hydroxylation sites is 2. The summed E-state index contributed by atoms with van der Waals surface area (Å²) < 4.78 is 2.04. The Hall–Kier alpha value is -2.33. The summed E-state index contributed by atoms with van der Waals surface area (Å²) in [6.45, 7) is 0.305. The molecular formula is C22H24ClN3O. The minimum absolute atomic E-state index is 0.0717. The fourth-order valence-electron chi connectivity index (χ4n) is 3.89. The summed E-state index contributed by atoms with van der Waals surface area (Å²) >= 11 is 6.00. The second kappa shape index (κ2) is 8.13. The molecule has 27 heavy (non-hydrogen) atoms. The lowest BCUT2D eigenvalue weighted by Gasteiger charge is -2.23. The molecular weight excluding hydrogens is 358 g/mol. The quantitative estimate of drug-likeness (QED) is 0.694. The lowest BCUT2D eigenvalue weighted by Crippen LogP contribution is -2.38. The van der Waals surface area contributed by atoms with Crippen molar-refractivity contribution in [2.24, 2.45) is 0 Å². The van der Waals surface area contributed by atoms with Crippen molar-refractivity contribution in [1.29, 1.82) is 0 Å². The van der Waals surface area contributed by atoms with Crippen molar-refractivity contribution < 1.29 is 4.79 Å².